The minimum Gasteiger partial charge on any atom is -0.325 e. The first kappa shape index (κ1) is 19.3. The molecule has 0 heterocycles. The average molecular weight is 343 g/mol. The highest BCUT2D eigenvalue weighted by molar-refractivity contribution is 7.99. The number of benzene rings is 1. The van der Waals surface area contributed by atoms with Crippen molar-refractivity contribution in [3.8, 4) is 0 Å². The summed E-state index contributed by atoms with van der Waals surface area (Å²) < 4.78 is 0. The molecule has 1 fully saturated rings. The van der Waals surface area contributed by atoms with Crippen molar-refractivity contribution in [1.82, 2.24) is 5.32 Å². The van der Waals surface area contributed by atoms with Crippen molar-refractivity contribution >= 4 is 35.8 Å². The van der Waals surface area contributed by atoms with Crippen LogP contribution in [-0.2, 0) is 10.5 Å². The van der Waals surface area contributed by atoms with Gasteiger partial charge in [0.2, 0.25) is 5.91 Å². The van der Waals surface area contributed by atoms with Gasteiger partial charge in [-0.2, -0.15) is 11.8 Å². The number of nitrogens with one attached hydrogen (secondary N) is 2. The molecule has 2 rings (SSSR count). The van der Waals surface area contributed by atoms with E-state index in [2.05, 4.69) is 37.5 Å². The van der Waals surface area contributed by atoms with E-state index >= 15 is 0 Å². The van der Waals surface area contributed by atoms with Gasteiger partial charge in [-0.05, 0) is 54.7 Å². The molecule has 2 N–H and O–H groups in total. The first-order valence-electron chi connectivity index (χ1n) is 7.77. The van der Waals surface area contributed by atoms with Gasteiger partial charge in [-0.1, -0.05) is 26.0 Å². The SMILES string of the molecule is Cc1c(CSC(C)C)cccc1NC(=O)CNCC1CC1.Cl. The zero-order valence-corrected chi connectivity index (χ0v) is 15.3. The predicted molar refractivity (Wildman–Crippen MR) is 99.1 cm³/mol. The van der Waals surface area contributed by atoms with Gasteiger partial charge < -0.3 is 10.6 Å². The molecule has 5 heteroatoms. The van der Waals surface area contributed by atoms with Gasteiger partial charge in [0.15, 0.2) is 0 Å². The summed E-state index contributed by atoms with van der Waals surface area (Å²) in [6, 6.07) is 6.15. The molecule has 0 spiro atoms. The lowest BCUT2D eigenvalue weighted by atomic mass is 10.1. The number of anilines is 1. The number of thioether (sulfide) groups is 1. The van der Waals surface area contributed by atoms with Crippen LogP contribution in [0.25, 0.3) is 0 Å². The first-order valence-corrected chi connectivity index (χ1v) is 8.81. The minimum atomic E-state index is 0. The van der Waals surface area contributed by atoms with Gasteiger partial charge in [-0.3, -0.25) is 4.79 Å². The standard InChI is InChI=1S/C17H26N2OS.ClH/c1-12(2)21-11-15-5-4-6-16(13(15)3)19-17(20)10-18-9-14-7-8-14;/h4-6,12,14,18H,7-11H2,1-3H3,(H,19,20);1H. The molecule has 1 amide bonds. The zero-order chi connectivity index (χ0) is 15.2. The molecule has 0 unspecified atom stereocenters. The maximum atomic E-state index is 12.0. The molecule has 0 atom stereocenters. The zero-order valence-electron chi connectivity index (χ0n) is 13.6. The maximum Gasteiger partial charge on any atom is 0.238 e. The van der Waals surface area contributed by atoms with Crippen LogP contribution in [0.5, 0.6) is 0 Å². The number of hydrogen-bond donors (Lipinski definition) is 2. The summed E-state index contributed by atoms with van der Waals surface area (Å²) in [6.45, 7) is 7.87. The Balaban J connectivity index is 0.00000242. The lowest BCUT2D eigenvalue weighted by molar-refractivity contribution is -0.115. The number of hydrogen-bond acceptors (Lipinski definition) is 3. The highest BCUT2D eigenvalue weighted by atomic mass is 35.5. The molecule has 1 aliphatic rings. The molecular formula is C17H27ClN2OS. The summed E-state index contributed by atoms with van der Waals surface area (Å²) >= 11 is 1.93. The second-order valence-electron chi connectivity index (χ2n) is 6.07. The molecule has 1 aromatic rings. The fourth-order valence-corrected chi connectivity index (χ4v) is 2.96. The van der Waals surface area contributed by atoms with Gasteiger partial charge in [-0.25, -0.2) is 0 Å². The molecule has 1 saturated carbocycles. The van der Waals surface area contributed by atoms with Crippen LogP contribution in [0.3, 0.4) is 0 Å². The van der Waals surface area contributed by atoms with Gasteiger partial charge in [0.25, 0.3) is 0 Å². The Hall–Kier alpha value is -0.710. The third-order valence-electron chi connectivity index (χ3n) is 3.71. The van der Waals surface area contributed by atoms with Crippen molar-refractivity contribution in [2.24, 2.45) is 5.92 Å². The largest absolute Gasteiger partial charge is 0.325 e. The molecule has 124 valence electrons. The van der Waals surface area contributed by atoms with E-state index < -0.39 is 0 Å². The van der Waals surface area contributed by atoms with Crippen molar-refractivity contribution in [1.29, 1.82) is 0 Å². The lowest BCUT2D eigenvalue weighted by Gasteiger charge is -2.13. The van der Waals surface area contributed by atoms with E-state index in [1.54, 1.807) is 0 Å². The van der Waals surface area contributed by atoms with Crippen LogP contribution in [0.15, 0.2) is 18.2 Å². The number of carbonyl (C=O) groups excluding carboxylic acids is 1. The van der Waals surface area contributed by atoms with E-state index in [1.807, 2.05) is 23.9 Å². The van der Waals surface area contributed by atoms with Gasteiger partial charge in [0.05, 0.1) is 6.54 Å². The number of halogens is 1. The summed E-state index contributed by atoms with van der Waals surface area (Å²) in [5.74, 6) is 1.84. The van der Waals surface area contributed by atoms with Gasteiger partial charge in [0.1, 0.15) is 0 Å². The first-order chi connectivity index (χ1) is 10.1. The van der Waals surface area contributed by atoms with E-state index in [-0.39, 0.29) is 18.3 Å². The lowest BCUT2D eigenvalue weighted by Crippen LogP contribution is -2.29. The van der Waals surface area contributed by atoms with E-state index in [0.29, 0.717) is 11.8 Å². The van der Waals surface area contributed by atoms with Crippen LogP contribution in [-0.4, -0.2) is 24.2 Å². The Labute approximate surface area is 144 Å². The molecule has 1 aliphatic carbocycles. The third kappa shape index (κ3) is 6.59. The summed E-state index contributed by atoms with van der Waals surface area (Å²) in [7, 11) is 0. The molecule has 0 aromatic heterocycles. The number of rotatable bonds is 8. The molecule has 0 radical (unpaired) electrons. The normalized spacial score (nSPS) is 13.8. The number of amides is 1. The van der Waals surface area contributed by atoms with E-state index in [1.165, 1.54) is 24.0 Å². The summed E-state index contributed by atoms with van der Waals surface area (Å²) in [4.78, 5) is 12.0. The van der Waals surface area contributed by atoms with E-state index in [4.69, 9.17) is 0 Å². The highest BCUT2D eigenvalue weighted by Gasteiger charge is 2.20. The van der Waals surface area contributed by atoms with Crippen LogP contribution in [0, 0.1) is 12.8 Å². The van der Waals surface area contributed by atoms with Crippen molar-refractivity contribution in [3.63, 3.8) is 0 Å². The van der Waals surface area contributed by atoms with E-state index in [0.717, 1.165) is 23.9 Å². The fraction of sp³-hybridized carbons (Fsp3) is 0.588. The Morgan fingerprint density at radius 3 is 2.73 bits per heavy atom. The van der Waals surface area contributed by atoms with Gasteiger partial charge >= 0.3 is 0 Å². The average Bonchev–Trinajstić information content (AvgIpc) is 3.24. The third-order valence-corrected chi connectivity index (χ3v) is 4.85. The Morgan fingerprint density at radius 2 is 2.09 bits per heavy atom. The Bertz CT molecular complexity index is 490. The fourth-order valence-electron chi connectivity index (χ4n) is 2.14. The topological polar surface area (TPSA) is 41.1 Å². The van der Waals surface area contributed by atoms with Crippen molar-refractivity contribution < 1.29 is 4.79 Å². The van der Waals surface area contributed by atoms with Crippen molar-refractivity contribution in [3.05, 3.63) is 29.3 Å². The summed E-state index contributed by atoms with van der Waals surface area (Å²) in [5.41, 5.74) is 3.42. The van der Waals surface area contributed by atoms with Crippen LogP contribution in [0.2, 0.25) is 0 Å². The van der Waals surface area contributed by atoms with Crippen LogP contribution in [0.1, 0.15) is 37.8 Å². The molecule has 1 aromatic carbocycles. The second-order valence-corrected chi connectivity index (χ2v) is 7.64. The molecule has 3 nitrogen and oxygen atoms in total. The molecular weight excluding hydrogens is 316 g/mol. The predicted octanol–water partition coefficient (Wildman–Crippen LogP) is 4.00. The number of carbonyl (C=O) groups is 1. The summed E-state index contributed by atoms with van der Waals surface area (Å²) in [6.07, 6.45) is 2.62. The molecule has 0 aliphatic heterocycles. The second kappa shape index (κ2) is 9.43. The van der Waals surface area contributed by atoms with Crippen molar-refractivity contribution in [2.75, 3.05) is 18.4 Å². The van der Waals surface area contributed by atoms with Crippen LogP contribution >= 0.6 is 24.2 Å². The molecule has 0 saturated heterocycles. The van der Waals surface area contributed by atoms with E-state index in [9.17, 15) is 4.79 Å². The molecule has 0 bridgehead atoms. The summed E-state index contributed by atoms with van der Waals surface area (Å²) in [5, 5.41) is 6.87. The molecule has 22 heavy (non-hydrogen) atoms. The van der Waals surface area contributed by atoms with Crippen LogP contribution in [0.4, 0.5) is 5.69 Å². The highest BCUT2D eigenvalue weighted by Crippen LogP contribution is 2.27. The maximum absolute atomic E-state index is 12.0. The monoisotopic (exact) mass is 342 g/mol. The minimum absolute atomic E-state index is 0. The van der Waals surface area contributed by atoms with Gasteiger partial charge in [-0.15, -0.1) is 12.4 Å². The van der Waals surface area contributed by atoms with Crippen molar-refractivity contribution in [2.45, 2.75) is 44.6 Å². The smallest absolute Gasteiger partial charge is 0.238 e. The van der Waals surface area contributed by atoms with Crippen LogP contribution < -0.4 is 10.6 Å². The Morgan fingerprint density at radius 1 is 1.36 bits per heavy atom. The van der Waals surface area contributed by atoms with Gasteiger partial charge in [0, 0.05) is 11.4 Å². The Kier molecular flexibility index (Phi) is 8.29. The quantitative estimate of drug-likeness (QED) is 0.750.